The maximum absolute atomic E-state index is 12.5. The van der Waals surface area contributed by atoms with Crippen molar-refractivity contribution >= 4 is 41.0 Å². The van der Waals surface area contributed by atoms with E-state index in [9.17, 15) is 14.4 Å². The molecule has 3 amide bonds. The first kappa shape index (κ1) is 23.7. The summed E-state index contributed by atoms with van der Waals surface area (Å²) < 4.78 is 15.6. The lowest BCUT2D eigenvalue weighted by atomic mass is 10.1. The summed E-state index contributed by atoms with van der Waals surface area (Å²) in [7, 11) is 2.97. The van der Waals surface area contributed by atoms with Gasteiger partial charge < -0.3 is 24.8 Å². The molecule has 5 rings (SSSR count). The Balaban J connectivity index is 1.49. The summed E-state index contributed by atoms with van der Waals surface area (Å²) in [4.78, 5) is 47.9. The smallest absolute Gasteiger partial charge is 0.415 e. The Kier molecular flexibility index (Phi) is 6.36. The number of nitrogens with zero attached hydrogens (tertiary/aromatic N) is 6. The van der Waals surface area contributed by atoms with Crippen LogP contribution in [0.5, 0.6) is 5.75 Å². The number of amides is 3. The van der Waals surface area contributed by atoms with E-state index in [4.69, 9.17) is 14.2 Å². The van der Waals surface area contributed by atoms with E-state index < -0.39 is 18.1 Å². The molecule has 14 heteroatoms. The fourth-order valence-electron chi connectivity index (χ4n) is 3.90. The molecule has 2 fully saturated rings. The molecule has 0 spiro atoms. The fourth-order valence-corrected chi connectivity index (χ4v) is 3.90. The van der Waals surface area contributed by atoms with E-state index in [0.717, 1.165) is 0 Å². The molecule has 2 aliphatic heterocycles. The van der Waals surface area contributed by atoms with Crippen molar-refractivity contribution < 1.29 is 28.6 Å². The molecule has 0 saturated carbocycles. The van der Waals surface area contributed by atoms with Crippen LogP contribution < -0.4 is 25.2 Å². The number of benzene rings is 1. The predicted octanol–water partition coefficient (Wildman–Crippen LogP) is 1.96. The van der Waals surface area contributed by atoms with Gasteiger partial charge in [0.05, 0.1) is 55.2 Å². The number of aromatic nitrogens is 4. The largest absolute Gasteiger partial charge is 0.494 e. The second kappa shape index (κ2) is 9.93. The third-order valence-corrected chi connectivity index (χ3v) is 5.70. The summed E-state index contributed by atoms with van der Waals surface area (Å²) in [6, 6.07) is 6.83. The Bertz CT molecular complexity index is 1370. The Morgan fingerprint density at radius 1 is 1.00 bits per heavy atom. The second-order valence-corrected chi connectivity index (χ2v) is 7.85. The average molecular weight is 506 g/mol. The molecular weight excluding hydrogens is 484 g/mol. The van der Waals surface area contributed by atoms with Crippen LogP contribution in [0.4, 0.5) is 32.5 Å². The maximum Gasteiger partial charge on any atom is 0.415 e. The van der Waals surface area contributed by atoms with Crippen LogP contribution in [-0.4, -0.2) is 78.7 Å². The van der Waals surface area contributed by atoms with E-state index in [1.807, 2.05) is 0 Å². The third-order valence-electron chi connectivity index (χ3n) is 5.70. The minimum absolute atomic E-state index is 0.0179. The molecule has 190 valence electrons. The number of para-hydroxylation sites is 1. The van der Waals surface area contributed by atoms with E-state index in [1.54, 1.807) is 18.2 Å². The number of cyclic esters (lactones) is 2. The average Bonchev–Trinajstić information content (AvgIpc) is 3.56. The van der Waals surface area contributed by atoms with Crippen LogP contribution in [0.15, 0.2) is 36.7 Å². The fraction of sp³-hybridized carbons (Fsp3) is 0.261. The van der Waals surface area contributed by atoms with E-state index in [0.29, 0.717) is 53.9 Å². The van der Waals surface area contributed by atoms with Crippen LogP contribution >= 0.6 is 0 Å². The van der Waals surface area contributed by atoms with E-state index in [-0.39, 0.29) is 18.1 Å². The summed E-state index contributed by atoms with van der Waals surface area (Å²) in [6.45, 7) is 1.28. The Labute approximate surface area is 210 Å². The van der Waals surface area contributed by atoms with Crippen LogP contribution in [0.1, 0.15) is 10.5 Å². The first-order chi connectivity index (χ1) is 18.0. The van der Waals surface area contributed by atoms with Crippen molar-refractivity contribution in [2.75, 3.05) is 55.6 Å². The highest BCUT2D eigenvalue weighted by Crippen LogP contribution is 2.37. The summed E-state index contributed by atoms with van der Waals surface area (Å²) in [5, 5.41) is 13.7. The Morgan fingerprint density at radius 3 is 2.32 bits per heavy atom. The van der Waals surface area contributed by atoms with Gasteiger partial charge in [0, 0.05) is 13.1 Å². The molecule has 0 radical (unpaired) electrons. The quantitative estimate of drug-likeness (QED) is 0.482. The standard InChI is InChI=1S/C23H22N8O6/c1-24-21(32)18-16(10-17(28-29-18)31-7-9-37-23(31)34)27-15-5-3-4-14(19(15)35-2)20-25-11-13(12-26-20)30-6-8-36-22(30)33/h3-5,10-12H,6-9H2,1-2H3,(H,24,32)(H,27,28). The van der Waals surface area contributed by atoms with Gasteiger partial charge in [0.1, 0.15) is 13.2 Å². The molecule has 2 aliphatic rings. The molecule has 0 bridgehead atoms. The van der Waals surface area contributed by atoms with Crippen LogP contribution in [0, 0.1) is 0 Å². The Hall–Kier alpha value is -5.01. The normalized spacial score (nSPS) is 14.9. The van der Waals surface area contributed by atoms with Crippen molar-refractivity contribution in [1.82, 2.24) is 25.5 Å². The molecule has 1 aromatic carbocycles. The minimum atomic E-state index is -0.546. The van der Waals surface area contributed by atoms with Crippen molar-refractivity contribution in [3.05, 3.63) is 42.4 Å². The molecule has 2 saturated heterocycles. The van der Waals surface area contributed by atoms with Gasteiger partial charge in [-0.25, -0.2) is 19.6 Å². The van der Waals surface area contributed by atoms with Crippen molar-refractivity contribution in [2.45, 2.75) is 0 Å². The summed E-state index contributed by atoms with van der Waals surface area (Å²) >= 11 is 0. The molecule has 4 heterocycles. The second-order valence-electron chi connectivity index (χ2n) is 7.85. The molecular formula is C23H22N8O6. The Morgan fingerprint density at radius 2 is 1.70 bits per heavy atom. The van der Waals surface area contributed by atoms with Crippen LogP contribution in [0.2, 0.25) is 0 Å². The third kappa shape index (κ3) is 4.51. The van der Waals surface area contributed by atoms with Crippen LogP contribution in [-0.2, 0) is 9.47 Å². The van der Waals surface area contributed by atoms with E-state index in [2.05, 4.69) is 30.8 Å². The number of rotatable bonds is 7. The van der Waals surface area contributed by atoms with E-state index >= 15 is 0 Å². The van der Waals surface area contributed by atoms with Gasteiger partial charge in [-0.2, -0.15) is 0 Å². The van der Waals surface area contributed by atoms with Crippen molar-refractivity contribution in [1.29, 1.82) is 0 Å². The molecule has 0 unspecified atom stereocenters. The number of nitrogens with one attached hydrogen (secondary N) is 2. The van der Waals surface area contributed by atoms with Gasteiger partial charge in [0.15, 0.2) is 23.1 Å². The summed E-state index contributed by atoms with van der Waals surface area (Å²) in [5.41, 5.74) is 1.89. The minimum Gasteiger partial charge on any atom is -0.494 e. The maximum atomic E-state index is 12.5. The first-order valence-electron chi connectivity index (χ1n) is 11.2. The number of methoxy groups -OCH3 is 1. The molecule has 2 aromatic heterocycles. The van der Waals surface area contributed by atoms with Crippen LogP contribution in [0.3, 0.4) is 0 Å². The molecule has 3 aromatic rings. The number of anilines is 4. The zero-order chi connectivity index (χ0) is 25.9. The van der Waals surface area contributed by atoms with Gasteiger partial charge in [-0.15, -0.1) is 10.2 Å². The summed E-state index contributed by atoms with van der Waals surface area (Å²) in [5.74, 6) is 0.515. The highest BCUT2D eigenvalue weighted by atomic mass is 16.6. The number of hydrogen-bond donors (Lipinski definition) is 2. The summed E-state index contributed by atoms with van der Waals surface area (Å²) in [6.07, 6.45) is 2.08. The van der Waals surface area contributed by atoms with Gasteiger partial charge in [0.25, 0.3) is 5.91 Å². The lowest BCUT2D eigenvalue weighted by molar-refractivity contribution is 0.0958. The van der Waals surface area contributed by atoms with Crippen molar-refractivity contribution in [3.63, 3.8) is 0 Å². The number of carbonyl (C=O) groups excluding carboxylic acids is 3. The predicted molar refractivity (Wildman–Crippen MR) is 130 cm³/mol. The molecule has 2 N–H and O–H groups in total. The van der Waals surface area contributed by atoms with Crippen molar-refractivity contribution in [2.24, 2.45) is 0 Å². The van der Waals surface area contributed by atoms with Gasteiger partial charge in [-0.05, 0) is 12.1 Å². The van der Waals surface area contributed by atoms with Gasteiger partial charge in [-0.1, -0.05) is 6.07 Å². The number of ether oxygens (including phenoxy) is 3. The van der Waals surface area contributed by atoms with Gasteiger partial charge >= 0.3 is 12.2 Å². The zero-order valence-corrected chi connectivity index (χ0v) is 19.9. The van der Waals surface area contributed by atoms with E-state index in [1.165, 1.54) is 42.4 Å². The monoisotopic (exact) mass is 506 g/mol. The SMILES string of the molecule is CNC(=O)c1nnc(N2CCOC2=O)cc1Nc1cccc(-c2ncc(N3CCOC3=O)cn2)c1OC. The number of hydrogen-bond acceptors (Lipinski definition) is 11. The lowest BCUT2D eigenvalue weighted by Crippen LogP contribution is -2.26. The highest BCUT2D eigenvalue weighted by Gasteiger charge is 2.28. The molecule has 0 aliphatic carbocycles. The molecule has 14 nitrogen and oxygen atoms in total. The van der Waals surface area contributed by atoms with Crippen molar-refractivity contribution in [3.8, 4) is 17.1 Å². The van der Waals surface area contributed by atoms with Gasteiger partial charge in [-0.3, -0.25) is 14.6 Å². The first-order valence-corrected chi connectivity index (χ1v) is 11.2. The lowest BCUT2D eigenvalue weighted by Gasteiger charge is -2.18. The topological polar surface area (TPSA) is 161 Å². The molecule has 37 heavy (non-hydrogen) atoms. The zero-order valence-electron chi connectivity index (χ0n) is 19.9. The number of carbonyl (C=O) groups is 3. The molecule has 0 atom stereocenters. The highest BCUT2D eigenvalue weighted by molar-refractivity contribution is 5.99. The van der Waals surface area contributed by atoms with Crippen LogP contribution in [0.25, 0.3) is 11.4 Å². The van der Waals surface area contributed by atoms with Gasteiger partial charge in [0.2, 0.25) is 0 Å².